The molecule has 5 rings (SSSR count). The van der Waals surface area contributed by atoms with Crippen LogP contribution in [0, 0.1) is 11.8 Å². The molecule has 30 heavy (non-hydrogen) atoms. The maximum Gasteiger partial charge on any atom is 0.267 e. The Labute approximate surface area is 174 Å². The Morgan fingerprint density at radius 3 is 2.80 bits per heavy atom. The fourth-order valence-electron chi connectivity index (χ4n) is 3.84. The number of fused-ring (bicyclic) bond motifs is 1. The molecular formula is C23H21N5O2. The van der Waals surface area contributed by atoms with Gasteiger partial charge in [0.2, 0.25) is 5.60 Å². The Hall–Kier alpha value is -3.50. The second-order valence-corrected chi connectivity index (χ2v) is 7.99. The highest BCUT2D eigenvalue weighted by Gasteiger charge is 2.42. The van der Waals surface area contributed by atoms with E-state index >= 15 is 0 Å². The first kappa shape index (κ1) is 18.5. The van der Waals surface area contributed by atoms with Crippen molar-refractivity contribution >= 4 is 22.8 Å². The van der Waals surface area contributed by atoms with E-state index in [2.05, 4.69) is 27.9 Å². The zero-order valence-corrected chi connectivity index (χ0v) is 16.6. The molecule has 7 heteroatoms. The van der Waals surface area contributed by atoms with Crippen molar-refractivity contribution in [2.45, 2.75) is 30.8 Å². The number of aromatic nitrogens is 3. The minimum Gasteiger partial charge on any atom is -0.382 e. The van der Waals surface area contributed by atoms with Gasteiger partial charge in [-0.3, -0.25) is 4.79 Å². The number of pyridine rings is 1. The normalized spacial score (nSPS) is 21.0. The van der Waals surface area contributed by atoms with Crippen LogP contribution < -0.4 is 5.73 Å². The highest BCUT2D eigenvalue weighted by atomic mass is 16.3. The molecule has 0 bridgehead atoms. The molecule has 1 aliphatic heterocycles. The number of likely N-dealkylation sites (N-methyl/N-ethyl adjacent to an activating group) is 1. The largest absolute Gasteiger partial charge is 0.382 e. The van der Waals surface area contributed by atoms with Crippen molar-refractivity contribution in [2.75, 3.05) is 19.3 Å². The third-order valence-electron chi connectivity index (χ3n) is 5.75. The Balaban J connectivity index is 1.55. The average Bonchev–Trinajstić information content (AvgIpc) is 3.57. The lowest BCUT2D eigenvalue weighted by Crippen LogP contribution is -2.37. The molecule has 1 saturated heterocycles. The SMILES string of the molecule is CN1CCC(O)(C#Cc2cccc(-c3cc(C4CC4)c4ncnc(N)c4n3)c2)C1=O. The van der Waals surface area contributed by atoms with Crippen LogP contribution in [0.25, 0.3) is 22.3 Å². The first-order valence-electron chi connectivity index (χ1n) is 9.97. The van der Waals surface area contributed by atoms with Crippen molar-refractivity contribution in [1.29, 1.82) is 0 Å². The van der Waals surface area contributed by atoms with E-state index in [4.69, 9.17) is 10.7 Å². The molecule has 3 heterocycles. The first-order valence-corrected chi connectivity index (χ1v) is 9.97. The number of benzene rings is 1. The van der Waals surface area contributed by atoms with E-state index in [1.165, 1.54) is 11.2 Å². The van der Waals surface area contributed by atoms with Crippen LogP contribution in [0.4, 0.5) is 5.82 Å². The van der Waals surface area contributed by atoms with Gasteiger partial charge in [0.1, 0.15) is 11.8 Å². The number of amides is 1. The van der Waals surface area contributed by atoms with Gasteiger partial charge in [0, 0.05) is 31.1 Å². The van der Waals surface area contributed by atoms with Crippen molar-refractivity contribution < 1.29 is 9.90 Å². The van der Waals surface area contributed by atoms with Gasteiger partial charge in [-0.25, -0.2) is 15.0 Å². The van der Waals surface area contributed by atoms with E-state index in [0.717, 1.165) is 35.2 Å². The Morgan fingerprint density at radius 2 is 2.07 bits per heavy atom. The maximum absolute atomic E-state index is 12.1. The summed E-state index contributed by atoms with van der Waals surface area (Å²) < 4.78 is 0. The predicted octanol–water partition coefficient (Wildman–Crippen LogP) is 2.10. The number of nitrogens with zero attached hydrogens (tertiary/aromatic N) is 4. The fourth-order valence-corrected chi connectivity index (χ4v) is 3.84. The molecule has 2 aromatic heterocycles. The third kappa shape index (κ3) is 3.15. The van der Waals surface area contributed by atoms with Crippen molar-refractivity contribution in [1.82, 2.24) is 19.9 Å². The molecule has 150 valence electrons. The molecule has 1 aliphatic carbocycles. The Kier molecular flexibility index (Phi) is 4.19. The van der Waals surface area contributed by atoms with Gasteiger partial charge in [-0.05, 0) is 42.5 Å². The summed E-state index contributed by atoms with van der Waals surface area (Å²) in [6, 6.07) is 9.67. The van der Waals surface area contributed by atoms with Crippen LogP contribution in [0.1, 0.15) is 36.3 Å². The summed E-state index contributed by atoms with van der Waals surface area (Å²) in [5, 5.41) is 10.5. The fraction of sp³-hybridized carbons (Fsp3) is 0.304. The number of nitrogens with two attached hydrogens (primary N) is 1. The molecule has 1 saturated carbocycles. The standard InChI is InChI=1S/C23H21N5O2/c1-28-10-9-23(30,22(28)29)8-7-14-3-2-4-16(11-14)18-12-17(15-5-6-15)19-20(27-18)21(24)26-13-25-19/h2-4,11-13,15,30H,5-6,9-10H2,1H3,(H2,24,25,26). The number of carbonyl (C=O) groups excluding carboxylic acids is 1. The van der Waals surface area contributed by atoms with Gasteiger partial charge >= 0.3 is 0 Å². The minimum atomic E-state index is -1.61. The van der Waals surface area contributed by atoms with Crippen molar-refractivity contribution in [3.8, 4) is 23.1 Å². The molecule has 0 spiro atoms. The van der Waals surface area contributed by atoms with Gasteiger partial charge < -0.3 is 15.7 Å². The van der Waals surface area contributed by atoms with Crippen LogP contribution in [0.15, 0.2) is 36.7 Å². The van der Waals surface area contributed by atoms with Crippen LogP contribution in [-0.2, 0) is 4.79 Å². The topological polar surface area (TPSA) is 105 Å². The highest BCUT2D eigenvalue weighted by Crippen LogP contribution is 2.44. The summed E-state index contributed by atoms with van der Waals surface area (Å²) in [5.41, 5.74) is 9.41. The molecule has 7 nitrogen and oxygen atoms in total. The summed E-state index contributed by atoms with van der Waals surface area (Å²) in [5.74, 6) is 6.22. The molecule has 1 amide bonds. The lowest BCUT2D eigenvalue weighted by molar-refractivity contribution is -0.137. The zero-order chi connectivity index (χ0) is 20.9. The number of carbonyl (C=O) groups is 1. The molecule has 1 atom stereocenters. The summed E-state index contributed by atoms with van der Waals surface area (Å²) in [7, 11) is 1.67. The predicted molar refractivity (Wildman–Crippen MR) is 113 cm³/mol. The monoisotopic (exact) mass is 399 g/mol. The summed E-state index contributed by atoms with van der Waals surface area (Å²) in [6.45, 7) is 0.499. The van der Waals surface area contributed by atoms with Gasteiger partial charge in [0.15, 0.2) is 5.82 Å². The minimum absolute atomic E-state index is 0.311. The van der Waals surface area contributed by atoms with Crippen LogP contribution >= 0.6 is 0 Å². The summed E-state index contributed by atoms with van der Waals surface area (Å²) in [4.78, 5) is 26.9. The molecule has 3 aromatic rings. The second kappa shape index (κ2) is 6.78. The molecule has 1 unspecified atom stereocenters. The quantitative estimate of drug-likeness (QED) is 0.640. The van der Waals surface area contributed by atoms with Gasteiger partial charge in [-0.15, -0.1) is 0 Å². The van der Waals surface area contributed by atoms with E-state index in [1.807, 2.05) is 24.3 Å². The van der Waals surface area contributed by atoms with Crippen LogP contribution in [0.5, 0.6) is 0 Å². The number of rotatable bonds is 2. The Bertz CT molecular complexity index is 1240. The van der Waals surface area contributed by atoms with E-state index in [-0.39, 0.29) is 5.91 Å². The lowest BCUT2D eigenvalue weighted by Gasteiger charge is -2.13. The number of hydrogen-bond acceptors (Lipinski definition) is 6. The molecule has 3 N–H and O–H groups in total. The van der Waals surface area contributed by atoms with Crippen LogP contribution in [-0.4, -0.2) is 50.1 Å². The number of hydrogen-bond donors (Lipinski definition) is 2. The third-order valence-corrected chi connectivity index (χ3v) is 5.75. The van der Waals surface area contributed by atoms with Gasteiger partial charge in [0.25, 0.3) is 5.91 Å². The van der Waals surface area contributed by atoms with Gasteiger partial charge in [-0.1, -0.05) is 24.0 Å². The van der Waals surface area contributed by atoms with E-state index < -0.39 is 5.60 Å². The van der Waals surface area contributed by atoms with E-state index in [1.54, 1.807) is 7.05 Å². The number of anilines is 1. The number of likely N-dealkylation sites (tertiary alicyclic amines) is 1. The Morgan fingerprint density at radius 1 is 1.23 bits per heavy atom. The van der Waals surface area contributed by atoms with Crippen molar-refractivity contribution in [3.05, 3.63) is 47.8 Å². The van der Waals surface area contributed by atoms with Gasteiger partial charge in [-0.2, -0.15) is 0 Å². The zero-order valence-electron chi connectivity index (χ0n) is 16.6. The first-order chi connectivity index (χ1) is 14.4. The van der Waals surface area contributed by atoms with Crippen molar-refractivity contribution in [3.63, 3.8) is 0 Å². The summed E-state index contributed by atoms with van der Waals surface area (Å²) in [6.07, 6.45) is 4.06. The number of aliphatic hydroxyl groups is 1. The second-order valence-electron chi connectivity index (χ2n) is 7.99. The van der Waals surface area contributed by atoms with Crippen LogP contribution in [0.2, 0.25) is 0 Å². The molecule has 2 aliphatic rings. The van der Waals surface area contributed by atoms with Crippen LogP contribution in [0.3, 0.4) is 0 Å². The summed E-state index contributed by atoms with van der Waals surface area (Å²) >= 11 is 0. The molecule has 0 radical (unpaired) electrons. The molecule has 1 aromatic carbocycles. The molecular weight excluding hydrogens is 378 g/mol. The average molecular weight is 399 g/mol. The van der Waals surface area contributed by atoms with E-state index in [9.17, 15) is 9.90 Å². The van der Waals surface area contributed by atoms with Gasteiger partial charge in [0.05, 0.1) is 11.2 Å². The highest BCUT2D eigenvalue weighted by molar-refractivity contribution is 5.91. The maximum atomic E-state index is 12.1. The number of nitrogen functional groups attached to an aromatic ring is 1. The lowest BCUT2D eigenvalue weighted by atomic mass is 10.0. The van der Waals surface area contributed by atoms with Crippen molar-refractivity contribution in [2.24, 2.45) is 0 Å². The van der Waals surface area contributed by atoms with E-state index in [0.29, 0.717) is 35.8 Å². The smallest absolute Gasteiger partial charge is 0.267 e. The molecule has 2 fully saturated rings.